The van der Waals surface area contributed by atoms with Gasteiger partial charge in [-0.15, -0.1) is 12.4 Å². The van der Waals surface area contributed by atoms with Gasteiger partial charge in [0.15, 0.2) is 0 Å². The molecule has 0 radical (unpaired) electrons. The molecule has 0 atom stereocenters. The molecular weight excluding hydrogens is 344 g/mol. The number of carbonyl (C=O) groups is 1. The summed E-state index contributed by atoms with van der Waals surface area (Å²) in [5.74, 6) is 0.343. The summed E-state index contributed by atoms with van der Waals surface area (Å²) in [6.07, 6.45) is 13.9. The Morgan fingerprint density at radius 3 is 2.15 bits per heavy atom. The number of aryl methyl sites for hydroxylation is 1. The Kier molecular flexibility index (Phi) is 12.4. The van der Waals surface area contributed by atoms with Crippen LogP contribution in [0.1, 0.15) is 76.7 Å². The number of piperidine rings is 1. The van der Waals surface area contributed by atoms with Gasteiger partial charge < -0.3 is 10.6 Å². The van der Waals surface area contributed by atoms with Crippen LogP contribution in [0.15, 0.2) is 24.3 Å². The van der Waals surface area contributed by atoms with Gasteiger partial charge in [0.2, 0.25) is 5.91 Å². The average molecular weight is 381 g/mol. The number of carbonyl (C=O) groups excluding carboxylic acids is 1. The first-order valence-electron chi connectivity index (χ1n) is 10.4. The second kappa shape index (κ2) is 14.1. The molecule has 0 aliphatic carbocycles. The van der Waals surface area contributed by atoms with Crippen molar-refractivity contribution in [3.63, 3.8) is 0 Å². The molecule has 0 bridgehead atoms. The van der Waals surface area contributed by atoms with Gasteiger partial charge in [-0.05, 0) is 56.5 Å². The number of amides is 1. The molecule has 0 saturated carbocycles. The highest BCUT2D eigenvalue weighted by molar-refractivity contribution is 5.92. The van der Waals surface area contributed by atoms with Gasteiger partial charge in [0, 0.05) is 11.6 Å². The molecule has 4 heteroatoms. The van der Waals surface area contributed by atoms with Gasteiger partial charge in [-0.3, -0.25) is 4.79 Å². The Morgan fingerprint density at radius 1 is 0.962 bits per heavy atom. The zero-order valence-corrected chi connectivity index (χ0v) is 17.2. The van der Waals surface area contributed by atoms with E-state index in [0.29, 0.717) is 0 Å². The third-order valence-corrected chi connectivity index (χ3v) is 5.25. The summed E-state index contributed by atoms with van der Waals surface area (Å²) in [4.78, 5) is 12.3. The van der Waals surface area contributed by atoms with Crippen LogP contribution >= 0.6 is 12.4 Å². The molecule has 1 aromatic rings. The van der Waals surface area contributed by atoms with Crippen LogP contribution in [-0.4, -0.2) is 19.0 Å². The molecule has 0 unspecified atom stereocenters. The van der Waals surface area contributed by atoms with Crippen LogP contribution < -0.4 is 10.6 Å². The van der Waals surface area contributed by atoms with Crippen molar-refractivity contribution in [2.75, 3.05) is 18.4 Å². The first kappa shape index (κ1) is 23.0. The van der Waals surface area contributed by atoms with E-state index in [2.05, 4.69) is 41.8 Å². The molecule has 26 heavy (non-hydrogen) atoms. The number of anilines is 1. The van der Waals surface area contributed by atoms with Crippen molar-refractivity contribution in [3.05, 3.63) is 29.8 Å². The fraction of sp³-hybridized carbons (Fsp3) is 0.682. The zero-order valence-electron chi connectivity index (χ0n) is 16.4. The quantitative estimate of drug-likeness (QED) is 0.481. The minimum absolute atomic E-state index is 0. The third kappa shape index (κ3) is 9.05. The van der Waals surface area contributed by atoms with Crippen LogP contribution in [0.3, 0.4) is 0 Å². The normalized spacial score (nSPS) is 14.7. The monoisotopic (exact) mass is 380 g/mol. The molecular formula is C22H37ClN2O. The number of benzene rings is 1. The molecule has 2 rings (SSSR count). The van der Waals surface area contributed by atoms with Crippen LogP contribution in [0.4, 0.5) is 5.69 Å². The van der Waals surface area contributed by atoms with E-state index in [9.17, 15) is 4.79 Å². The van der Waals surface area contributed by atoms with Gasteiger partial charge in [0.05, 0.1) is 0 Å². The van der Waals surface area contributed by atoms with Crippen molar-refractivity contribution in [3.8, 4) is 0 Å². The second-order valence-electron chi connectivity index (χ2n) is 7.44. The van der Waals surface area contributed by atoms with Crippen molar-refractivity contribution >= 4 is 24.0 Å². The number of nitrogens with one attached hydrogen (secondary N) is 2. The van der Waals surface area contributed by atoms with E-state index in [1.54, 1.807) is 0 Å². The summed E-state index contributed by atoms with van der Waals surface area (Å²) < 4.78 is 0. The summed E-state index contributed by atoms with van der Waals surface area (Å²) in [5, 5.41) is 6.37. The maximum atomic E-state index is 12.3. The number of halogens is 1. The van der Waals surface area contributed by atoms with E-state index in [-0.39, 0.29) is 24.2 Å². The minimum Gasteiger partial charge on any atom is -0.326 e. The Balaban J connectivity index is 0.00000338. The highest BCUT2D eigenvalue weighted by atomic mass is 35.5. The molecule has 1 saturated heterocycles. The molecule has 2 N–H and O–H groups in total. The molecule has 1 aliphatic rings. The summed E-state index contributed by atoms with van der Waals surface area (Å²) in [6.45, 7) is 4.18. The van der Waals surface area contributed by atoms with Gasteiger partial charge >= 0.3 is 0 Å². The lowest BCUT2D eigenvalue weighted by molar-refractivity contribution is -0.120. The van der Waals surface area contributed by atoms with E-state index in [4.69, 9.17) is 0 Å². The van der Waals surface area contributed by atoms with Gasteiger partial charge in [-0.2, -0.15) is 0 Å². The smallest absolute Gasteiger partial charge is 0.227 e. The SMILES string of the molecule is CCCCCCCCCCc1ccc(NC(=O)C2CCNCC2)cc1.Cl. The largest absolute Gasteiger partial charge is 0.326 e. The van der Waals surface area contributed by atoms with Gasteiger partial charge in [0.1, 0.15) is 0 Å². The maximum Gasteiger partial charge on any atom is 0.227 e. The summed E-state index contributed by atoms with van der Waals surface area (Å²) in [7, 11) is 0. The van der Waals surface area contributed by atoms with E-state index >= 15 is 0 Å². The molecule has 1 amide bonds. The number of hydrogen-bond acceptors (Lipinski definition) is 2. The molecule has 3 nitrogen and oxygen atoms in total. The minimum atomic E-state index is 0. The molecule has 148 valence electrons. The lowest BCUT2D eigenvalue weighted by Crippen LogP contribution is -2.34. The molecule has 1 heterocycles. The van der Waals surface area contributed by atoms with Crippen LogP contribution in [0.5, 0.6) is 0 Å². The van der Waals surface area contributed by atoms with Crippen LogP contribution in [-0.2, 0) is 11.2 Å². The predicted octanol–water partition coefficient (Wildman–Crippen LogP) is 5.73. The zero-order chi connectivity index (χ0) is 17.7. The second-order valence-corrected chi connectivity index (χ2v) is 7.44. The molecule has 1 fully saturated rings. The van der Waals surface area contributed by atoms with Crippen molar-refractivity contribution in [2.45, 2.75) is 77.6 Å². The molecule has 1 aromatic carbocycles. The summed E-state index contributed by atoms with van der Waals surface area (Å²) in [6, 6.07) is 8.44. The molecule has 0 aromatic heterocycles. The van der Waals surface area contributed by atoms with E-state index in [1.165, 1.54) is 56.9 Å². The molecule has 0 spiro atoms. The lowest BCUT2D eigenvalue weighted by Gasteiger charge is -2.21. The van der Waals surface area contributed by atoms with Crippen LogP contribution in [0.25, 0.3) is 0 Å². The van der Waals surface area contributed by atoms with Crippen LogP contribution in [0, 0.1) is 5.92 Å². The van der Waals surface area contributed by atoms with E-state index in [1.807, 2.05) is 0 Å². The Labute approximate surface area is 166 Å². The fourth-order valence-electron chi connectivity index (χ4n) is 3.55. The van der Waals surface area contributed by atoms with Crippen molar-refractivity contribution in [2.24, 2.45) is 5.92 Å². The first-order valence-corrected chi connectivity index (χ1v) is 10.4. The van der Waals surface area contributed by atoms with Gasteiger partial charge in [0.25, 0.3) is 0 Å². The fourth-order valence-corrected chi connectivity index (χ4v) is 3.55. The first-order chi connectivity index (χ1) is 12.3. The Hall–Kier alpha value is -1.06. The maximum absolute atomic E-state index is 12.3. The molecule has 1 aliphatic heterocycles. The van der Waals surface area contributed by atoms with E-state index < -0.39 is 0 Å². The summed E-state index contributed by atoms with van der Waals surface area (Å²) in [5.41, 5.74) is 2.31. The topological polar surface area (TPSA) is 41.1 Å². The van der Waals surface area contributed by atoms with Crippen molar-refractivity contribution < 1.29 is 4.79 Å². The standard InChI is InChI=1S/C22H36N2O.ClH/c1-2-3-4-5-6-7-8-9-10-19-11-13-21(14-12-19)24-22(25)20-15-17-23-18-16-20;/h11-14,20,23H,2-10,15-18H2,1H3,(H,24,25);1H. The van der Waals surface area contributed by atoms with Gasteiger partial charge in [-0.1, -0.05) is 64.0 Å². The van der Waals surface area contributed by atoms with Gasteiger partial charge in [-0.25, -0.2) is 0 Å². The number of rotatable bonds is 11. The third-order valence-electron chi connectivity index (χ3n) is 5.25. The van der Waals surface area contributed by atoms with Crippen molar-refractivity contribution in [1.29, 1.82) is 0 Å². The van der Waals surface area contributed by atoms with E-state index in [0.717, 1.165) is 38.0 Å². The summed E-state index contributed by atoms with van der Waals surface area (Å²) >= 11 is 0. The predicted molar refractivity (Wildman–Crippen MR) is 114 cm³/mol. The lowest BCUT2D eigenvalue weighted by atomic mass is 9.97. The highest BCUT2D eigenvalue weighted by Gasteiger charge is 2.20. The highest BCUT2D eigenvalue weighted by Crippen LogP contribution is 2.17. The average Bonchev–Trinajstić information content (AvgIpc) is 2.66. The van der Waals surface area contributed by atoms with Crippen LogP contribution in [0.2, 0.25) is 0 Å². The van der Waals surface area contributed by atoms with Crippen molar-refractivity contribution in [1.82, 2.24) is 5.32 Å². The Morgan fingerprint density at radius 2 is 1.54 bits per heavy atom. The number of hydrogen-bond donors (Lipinski definition) is 2. The Bertz CT molecular complexity index is 483. The number of unbranched alkanes of at least 4 members (excludes halogenated alkanes) is 7.